The van der Waals surface area contributed by atoms with Crippen molar-refractivity contribution in [3.63, 3.8) is 0 Å². The summed E-state index contributed by atoms with van der Waals surface area (Å²) >= 11 is 5.50. The van der Waals surface area contributed by atoms with Crippen molar-refractivity contribution in [1.82, 2.24) is 10.2 Å². The number of hydrogen-bond acceptors (Lipinski definition) is 5. The van der Waals surface area contributed by atoms with Gasteiger partial charge >= 0.3 is 5.97 Å². The second-order valence-corrected chi connectivity index (χ2v) is 7.34. The van der Waals surface area contributed by atoms with Gasteiger partial charge in [0.05, 0.1) is 19.6 Å². The molecule has 1 N–H and O–H groups in total. The minimum absolute atomic E-state index is 0.178. The highest BCUT2D eigenvalue weighted by Gasteiger charge is 2.16. The highest BCUT2D eigenvalue weighted by Crippen LogP contribution is 2.14. The van der Waals surface area contributed by atoms with Gasteiger partial charge in [0.1, 0.15) is 5.75 Å². The average Bonchev–Trinajstić information content (AvgIpc) is 2.78. The number of benzene rings is 2. The maximum atomic E-state index is 12.8. The van der Waals surface area contributed by atoms with Gasteiger partial charge in [0.15, 0.2) is 5.11 Å². The van der Waals surface area contributed by atoms with E-state index in [2.05, 4.69) is 12.2 Å². The summed E-state index contributed by atoms with van der Waals surface area (Å²) in [6.07, 6.45) is 2.17. The van der Waals surface area contributed by atoms with Crippen LogP contribution in [-0.2, 0) is 16.1 Å². The first-order chi connectivity index (χ1) is 15.0. The van der Waals surface area contributed by atoms with Gasteiger partial charge in [-0.1, -0.05) is 49.7 Å². The Hall–Kier alpha value is -2.93. The monoisotopic (exact) mass is 442 g/mol. The molecule has 0 bridgehead atoms. The van der Waals surface area contributed by atoms with Crippen LogP contribution in [0.1, 0.15) is 49.0 Å². The standard InChI is InChI=1S/C24H30N2O4S/c1-3-5-16-30-21-13-9-12-20(17-21)23(28)25-24(31)26(15-14-22(27)29-4-2)18-19-10-7-6-8-11-19/h6-13,17H,3-5,14-16,18H2,1-2H3,(H,25,28,31). The van der Waals surface area contributed by atoms with Crippen LogP contribution in [0.4, 0.5) is 0 Å². The molecule has 31 heavy (non-hydrogen) atoms. The Balaban J connectivity index is 2.04. The van der Waals surface area contributed by atoms with Gasteiger partial charge in [0, 0.05) is 18.7 Å². The van der Waals surface area contributed by atoms with Gasteiger partial charge in [0.25, 0.3) is 5.91 Å². The molecule has 0 saturated carbocycles. The summed E-state index contributed by atoms with van der Waals surface area (Å²) < 4.78 is 10.7. The minimum atomic E-state index is -0.319. The largest absolute Gasteiger partial charge is 0.494 e. The molecule has 0 aliphatic carbocycles. The first-order valence-electron chi connectivity index (χ1n) is 10.6. The molecule has 0 atom stereocenters. The highest BCUT2D eigenvalue weighted by atomic mass is 32.1. The van der Waals surface area contributed by atoms with E-state index in [1.807, 2.05) is 36.4 Å². The quantitative estimate of drug-likeness (QED) is 0.317. The van der Waals surface area contributed by atoms with Crippen molar-refractivity contribution >= 4 is 29.2 Å². The second kappa shape index (κ2) is 13.4. The molecule has 0 aliphatic heterocycles. The van der Waals surface area contributed by atoms with E-state index in [4.69, 9.17) is 21.7 Å². The fourth-order valence-electron chi connectivity index (χ4n) is 2.83. The molecular weight excluding hydrogens is 412 g/mol. The topological polar surface area (TPSA) is 67.9 Å². The van der Waals surface area contributed by atoms with E-state index < -0.39 is 0 Å². The number of amides is 1. The number of nitrogens with one attached hydrogen (secondary N) is 1. The third-order valence-corrected chi connectivity index (χ3v) is 4.84. The molecule has 0 aliphatic rings. The van der Waals surface area contributed by atoms with Gasteiger partial charge in [0.2, 0.25) is 0 Å². The molecule has 2 aromatic carbocycles. The molecule has 2 rings (SSSR count). The lowest BCUT2D eigenvalue weighted by atomic mass is 10.2. The van der Waals surface area contributed by atoms with Gasteiger partial charge in [-0.15, -0.1) is 0 Å². The SMILES string of the molecule is CCCCOc1cccc(C(=O)NC(=S)N(CCC(=O)OCC)Cc2ccccc2)c1. The molecule has 0 aromatic heterocycles. The molecule has 0 unspecified atom stereocenters. The number of hydrogen-bond donors (Lipinski definition) is 1. The van der Waals surface area contributed by atoms with Crippen LogP contribution in [0.15, 0.2) is 54.6 Å². The lowest BCUT2D eigenvalue weighted by Gasteiger charge is -2.25. The van der Waals surface area contributed by atoms with Crippen molar-refractivity contribution in [2.45, 2.75) is 39.7 Å². The van der Waals surface area contributed by atoms with E-state index >= 15 is 0 Å². The Bertz CT molecular complexity index is 858. The van der Waals surface area contributed by atoms with E-state index in [-0.39, 0.29) is 23.4 Å². The molecule has 0 spiro atoms. The Morgan fingerprint density at radius 2 is 1.84 bits per heavy atom. The molecule has 7 heteroatoms. The summed E-state index contributed by atoms with van der Waals surface area (Å²) in [5, 5.41) is 3.04. The Kier molecular flexibility index (Phi) is 10.5. The normalized spacial score (nSPS) is 10.3. The molecular formula is C24H30N2O4S. The summed E-state index contributed by atoms with van der Waals surface area (Å²) in [6, 6.07) is 16.8. The zero-order valence-electron chi connectivity index (χ0n) is 18.1. The number of unbranched alkanes of at least 4 members (excludes halogenated alkanes) is 1. The van der Waals surface area contributed by atoms with Crippen LogP contribution >= 0.6 is 12.2 Å². The van der Waals surface area contributed by atoms with Crippen molar-refractivity contribution in [3.05, 3.63) is 65.7 Å². The molecule has 0 fully saturated rings. The number of carbonyl (C=O) groups is 2. The van der Waals surface area contributed by atoms with E-state index in [0.29, 0.717) is 37.6 Å². The second-order valence-electron chi connectivity index (χ2n) is 6.95. The van der Waals surface area contributed by atoms with E-state index in [9.17, 15) is 9.59 Å². The molecule has 1 amide bonds. The number of esters is 1. The van der Waals surface area contributed by atoms with Crippen molar-refractivity contribution in [2.75, 3.05) is 19.8 Å². The lowest BCUT2D eigenvalue weighted by molar-refractivity contribution is -0.143. The van der Waals surface area contributed by atoms with Gasteiger partial charge in [-0.05, 0) is 49.3 Å². The molecule has 0 heterocycles. The van der Waals surface area contributed by atoms with Gasteiger partial charge < -0.3 is 14.4 Å². The number of nitrogens with zero attached hydrogens (tertiary/aromatic N) is 1. The van der Waals surface area contributed by atoms with Crippen LogP contribution < -0.4 is 10.1 Å². The molecule has 2 aromatic rings. The first kappa shape index (κ1) is 24.3. The lowest BCUT2D eigenvalue weighted by Crippen LogP contribution is -2.43. The van der Waals surface area contributed by atoms with E-state index in [0.717, 1.165) is 18.4 Å². The van der Waals surface area contributed by atoms with Gasteiger partial charge in [-0.25, -0.2) is 0 Å². The maximum Gasteiger partial charge on any atom is 0.307 e. The Morgan fingerprint density at radius 1 is 1.06 bits per heavy atom. The predicted octanol–water partition coefficient (Wildman–Crippen LogP) is 4.34. The highest BCUT2D eigenvalue weighted by molar-refractivity contribution is 7.80. The van der Waals surface area contributed by atoms with Crippen LogP contribution in [-0.4, -0.2) is 41.6 Å². The third-order valence-electron chi connectivity index (χ3n) is 4.48. The number of ether oxygens (including phenoxy) is 2. The number of carbonyl (C=O) groups excluding carboxylic acids is 2. The molecule has 166 valence electrons. The van der Waals surface area contributed by atoms with Crippen molar-refractivity contribution in [1.29, 1.82) is 0 Å². The minimum Gasteiger partial charge on any atom is -0.494 e. The Morgan fingerprint density at radius 3 is 2.55 bits per heavy atom. The number of rotatable bonds is 11. The summed E-state index contributed by atoms with van der Waals surface area (Å²) in [7, 11) is 0. The average molecular weight is 443 g/mol. The zero-order chi connectivity index (χ0) is 22.5. The van der Waals surface area contributed by atoms with Crippen molar-refractivity contribution in [3.8, 4) is 5.75 Å². The van der Waals surface area contributed by atoms with E-state index in [1.165, 1.54) is 0 Å². The smallest absolute Gasteiger partial charge is 0.307 e. The van der Waals surface area contributed by atoms with Gasteiger partial charge in [-0.3, -0.25) is 14.9 Å². The third kappa shape index (κ3) is 8.76. The predicted molar refractivity (Wildman–Crippen MR) is 125 cm³/mol. The fraction of sp³-hybridized carbons (Fsp3) is 0.375. The van der Waals surface area contributed by atoms with Crippen LogP contribution in [0.3, 0.4) is 0 Å². The van der Waals surface area contributed by atoms with Gasteiger partial charge in [-0.2, -0.15) is 0 Å². The summed E-state index contributed by atoms with van der Waals surface area (Å²) in [5.74, 6) is 0.0298. The first-order valence-corrected chi connectivity index (χ1v) is 11.0. The van der Waals surface area contributed by atoms with Crippen LogP contribution in [0.2, 0.25) is 0 Å². The van der Waals surface area contributed by atoms with Crippen LogP contribution in [0, 0.1) is 0 Å². The summed E-state index contributed by atoms with van der Waals surface area (Å²) in [5.41, 5.74) is 1.48. The Labute approximate surface area is 189 Å². The van der Waals surface area contributed by atoms with Crippen LogP contribution in [0.5, 0.6) is 5.75 Å². The zero-order valence-corrected chi connectivity index (χ0v) is 19.0. The maximum absolute atomic E-state index is 12.8. The summed E-state index contributed by atoms with van der Waals surface area (Å²) in [4.78, 5) is 26.4. The van der Waals surface area contributed by atoms with Crippen molar-refractivity contribution in [2.24, 2.45) is 0 Å². The van der Waals surface area contributed by atoms with Crippen LogP contribution in [0.25, 0.3) is 0 Å². The molecule has 6 nitrogen and oxygen atoms in total. The molecule has 0 saturated heterocycles. The van der Waals surface area contributed by atoms with Crippen molar-refractivity contribution < 1.29 is 19.1 Å². The summed E-state index contributed by atoms with van der Waals surface area (Å²) in [6.45, 7) is 5.61. The molecule has 0 radical (unpaired) electrons. The number of thiocarbonyl (C=S) groups is 1. The van der Waals surface area contributed by atoms with E-state index in [1.54, 1.807) is 30.0 Å². The fourth-order valence-corrected chi connectivity index (χ4v) is 3.07.